The van der Waals surface area contributed by atoms with Crippen LogP contribution in [0.1, 0.15) is 12.8 Å². The molecular weight excluding hydrogens is 265 g/mol. The molecule has 0 aromatic carbocycles. The van der Waals surface area contributed by atoms with E-state index in [4.69, 9.17) is 3.95 Å². The van der Waals surface area contributed by atoms with Crippen molar-refractivity contribution >= 4 is 9.84 Å². The molecular formula is C5H11INO2S-. The van der Waals surface area contributed by atoms with Crippen LogP contribution in [0.3, 0.4) is 0 Å². The third-order valence-electron chi connectivity index (χ3n) is 1.66. The van der Waals surface area contributed by atoms with E-state index in [1.807, 2.05) is 0 Å². The van der Waals surface area contributed by atoms with Gasteiger partial charge >= 0.3 is 72.0 Å². The molecule has 1 fully saturated rings. The summed E-state index contributed by atoms with van der Waals surface area (Å²) in [5.74, 6) is 0.739. The predicted molar refractivity (Wildman–Crippen MR) is 35.9 cm³/mol. The third-order valence-corrected chi connectivity index (χ3v) is 5.64. The van der Waals surface area contributed by atoms with Gasteiger partial charge in [-0.25, -0.2) is 0 Å². The van der Waals surface area contributed by atoms with Crippen molar-refractivity contribution in [3.8, 4) is 0 Å². The van der Waals surface area contributed by atoms with Gasteiger partial charge in [-0.1, -0.05) is 0 Å². The first-order chi connectivity index (χ1) is 4.64. The molecule has 0 aliphatic carbocycles. The number of rotatable bonds is 1. The number of halogens is 1. The summed E-state index contributed by atoms with van der Waals surface area (Å²) in [5, 5.41) is 0. The first-order valence-electron chi connectivity index (χ1n) is 3.16. The van der Waals surface area contributed by atoms with Crippen molar-refractivity contribution < 1.29 is 29.9 Å². The monoisotopic (exact) mass is 276 g/mol. The van der Waals surface area contributed by atoms with Gasteiger partial charge in [0.15, 0.2) is 0 Å². The van der Waals surface area contributed by atoms with E-state index in [9.17, 15) is 8.42 Å². The van der Waals surface area contributed by atoms with Crippen LogP contribution in [0.5, 0.6) is 0 Å². The first kappa shape index (κ1) is 8.73. The minimum atomic E-state index is -2.66. The normalized spacial score (nSPS) is 26.9. The van der Waals surface area contributed by atoms with Crippen molar-refractivity contribution in [2.24, 2.45) is 3.95 Å². The molecule has 1 saturated heterocycles. The van der Waals surface area contributed by atoms with Crippen LogP contribution in [-0.4, -0.2) is 23.8 Å². The van der Waals surface area contributed by atoms with Gasteiger partial charge in [0.05, 0.1) is 0 Å². The van der Waals surface area contributed by atoms with Crippen LogP contribution in [0.15, 0.2) is 0 Å². The summed E-state index contributed by atoms with van der Waals surface area (Å²) in [6.07, 6.45) is 1.62. The molecule has 0 atom stereocenters. The molecule has 62 valence electrons. The molecule has 0 aromatic heterocycles. The fraction of sp³-hybridized carbons (Fsp3) is 1.00. The molecule has 0 bridgehead atoms. The molecule has 0 spiro atoms. The Kier molecular flexibility index (Phi) is 2.93. The minimum absolute atomic E-state index is 0.220. The van der Waals surface area contributed by atoms with E-state index >= 15 is 0 Å². The molecule has 1 heterocycles. The van der Waals surface area contributed by atoms with Crippen LogP contribution in [0.4, 0.5) is 0 Å². The zero-order valence-electron chi connectivity index (χ0n) is 5.59. The van der Waals surface area contributed by atoms with Crippen molar-refractivity contribution in [3.05, 3.63) is 0 Å². The summed E-state index contributed by atoms with van der Waals surface area (Å²) in [6, 6.07) is 0. The van der Waals surface area contributed by atoms with Gasteiger partial charge in [0, 0.05) is 0 Å². The Morgan fingerprint density at radius 2 is 1.80 bits per heavy atom. The number of nitrogens with two attached hydrogens (primary N) is 1. The fourth-order valence-electron chi connectivity index (χ4n) is 0.987. The molecule has 0 amide bonds. The summed E-state index contributed by atoms with van der Waals surface area (Å²) in [5.41, 5.74) is 0. The average molecular weight is 276 g/mol. The van der Waals surface area contributed by atoms with E-state index in [1.54, 1.807) is 0 Å². The standard InChI is InChI=1S/C5H11INO2S/c7-6-5-1-3-10(8,9)4-2-5/h5H,1-4,7H2/q-1. The van der Waals surface area contributed by atoms with Crippen molar-refractivity contribution in [1.29, 1.82) is 0 Å². The van der Waals surface area contributed by atoms with Crippen LogP contribution in [-0.2, 0) is 9.84 Å². The van der Waals surface area contributed by atoms with E-state index in [0.717, 1.165) is 12.8 Å². The van der Waals surface area contributed by atoms with Crippen LogP contribution < -0.4 is 25.4 Å². The van der Waals surface area contributed by atoms with Crippen molar-refractivity contribution in [1.82, 2.24) is 0 Å². The predicted octanol–water partition coefficient (Wildman–Crippen LogP) is -3.47. The number of sulfone groups is 1. The number of hydrogen-bond donors (Lipinski definition) is 1. The Labute approximate surface area is 71.9 Å². The number of hydrogen-bond acceptors (Lipinski definition) is 3. The maximum atomic E-state index is 10.9. The van der Waals surface area contributed by atoms with E-state index in [1.165, 1.54) is 0 Å². The topological polar surface area (TPSA) is 60.2 Å². The average Bonchev–Trinajstić information content (AvgIpc) is 1.88. The van der Waals surface area contributed by atoms with E-state index in [2.05, 4.69) is 0 Å². The SMILES string of the molecule is N[I-]C1CCS(=O)(=O)CC1. The second-order valence-corrected chi connectivity index (χ2v) is 7.24. The van der Waals surface area contributed by atoms with Crippen molar-refractivity contribution in [2.45, 2.75) is 16.8 Å². The molecule has 10 heavy (non-hydrogen) atoms. The van der Waals surface area contributed by atoms with E-state index in [-0.39, 0.29) is 21.5 Å². The third kappa shape index (κ3) is 2.35. The first-order valence-corrected chi connectivity index (χ1v) is 7.48. The zero-order valence-corrected chi connectivity index (χ0v) is 8.56. The van der Waals surface area contributed by atoms with Crippen LogP contribution in [0.25, 0.3) is 0 Å². The molecule has 1 aliphatic heterocycles. The molecule has 2 N–H and O–H groups in total. The van der Waals surface area contributed by atoms with Gasteiger partial charge in [-0.3, -0.25) is 0 Å². The van der Waals surface area contributed by atoms with Crippen LogP contribution in [0, 0.1) is 0 Å². The van der Waals surface area contributed by atoms with Gasteiger partial charge in [0.2, 0.25) is 0 Å². The van der Waals surface area contributed by atoms with Gasteiger partial charge in [-0.05, 0) is 0 Å². The molecule has 1 rings (SSSR count). The number of alkyl halides is 1. The molecule has 1 aliphatic rings. The second-order valence-electron chi connectivity index (χ2n) is 2.45. The summed E-state index contributed by atoms with van der Waals surface area (Å²) in [7, 11) is -2.66. The second kappa shape index (κ2) is 3.36. The Morgan fingerprint density at radius 1 is 1.30 bits per heavy atom. The fourth-order valence-corrected chi connectivity index (χ4v) is 4.67. The summed E-state index contributed by atoms with van der Waals surface area (Å²) >= 11 is -0.220. The van der Waals surface area contributed by atoms with Gasteiger partial charge in [-0.15, -0.1) is 0 Å². The summed E-state index contributed by atoms with van der Waals surface area (Å²) in [6.45, 7) is 0. The zero-order chi connectivity index (χ0) is 7.61. The molecule has 0 radical (unpaired) electrons. The molecule has 3 nitrogen and oxygen atoms in total. The van der Waals surface area contributed by atoms with Gasteiger partial charge < -0.3 is 0 Å². The van der Waals surface area contributed by atoms with Gasteiger partial charge in [0.1, 0.15) is 0 Å². The van der Waals surface area contributed by atoms with Crippen molar-refractivity contribution in [2.75, 3.05) is 11.5 Å². The van der Waals surface area contributed by atoms with E-state index < -0.39 is 9.84 Å². The van der Waals surface area contributed by atoms with Crippen molar-refractivity contribution in [3.63, 3.8) is 0 Å². The quantitative estimate of drug-likeness (QED) is 0.307. The molecule has 5 heteroatoms. The molecule has 0 aromatic rings. The summed E-state index contributed by atoms with van der Waals surface area (Å²) < 4.78 is 27.8. The molecule has 0 saturated carbocycles. The summed E-state index contributed by atoms with van der Waals surface area (Å²) in [4.78, 5) is 0. The van der Waals surface area contributed by atoms with Gasteiger partial charge in [-0.2, -0.15) is 0 Å². The van der Waals surface area contributed by atoms with Crippen LogP contribution >= 0.6 is 0 Å². The Morgan fingerprint density at radius 3 is 2.20 bits per heavy atom. The Balaban J connectivity index is 2.46. The van der Waals surface area contributed by atoms with Gasteiger partial charge in [0.25, 0.3) is 0 Å². The Bertz CT molecular complexity index is 188. The maximum absolute atomic E-state index is 10.9. The van der Waals surface area contributed by atoms with Crippen LogP contribution in [0.2, 0.25) is 0 Å². The Hall–Kier alpha value is 0.640. The molecule has 0 unspecified atom stereocenters. The van der Waals surface area contributed by atoms with E-state index in [0.29, 0.717) is 15.4 Å².